The van der Waals surface area contributed by atoms with Crippen LogP contribution in [0.5, 0.6) is 11.5 Å². The first-order valence-corrected chi connectivity index (χ1v) is 11.1. The topological polar surface area (TPSA) is 97.3 Å². The zero-order chi connectivity index (χ0) is 23.0. The molecule has 9 heteroatoms. The van der Waals surface area contributed by atoms with Gasteiger partial charge < -0.3 is 9.47 Å². The molecular formula is C23H23N3O5S. The second-order valence-corrected chi connectivity index (χ2v) is 8.42. The zero-order valence-corrected chi connectivity index (χ0v) is 18.5. The quantitative estimate of drug-likeness (QED) is 0.397. The number of para-hydroxylation sites is 1. The number of amides is 1. The molecule has 0 aliphatic heterocycles. The molecular weight excluding hydrogens is 430 g/mol. The van der Waals surface area contributed by atoms with E-state index in [1.54, 1.807) is 73.8 Å². The monoisotopic (exact) mass is 453 g/mol. The zero-order valence-electron chi connectivity index (χ0n) is 17.6. The van der Waals surface area contributed by atoms with Crippen molar-refractivity contribution in [2.24, 2.45) is 5.10 Å². The van der Waals surface area contributed by atoms with E-state index in [2.05, 4.69) is 10.5 Å². The smallest absolute Gasteiger partial charge is 0.264 e. The van der Waals surface area contributed by atoms with Crippen LogP contribution in [0.4, 0.5) is 5.69 Å². The minimum Gasteiger partial charge on any atom is -0.497 e. The molecule has 0 heterocycles. The molecule has 1 N–H and O–H groups in total. The molecule has 0 unspecified atom stereocenters. The van der Waals surface area contributed by atoms with Crippen molar-refractivity contribution in [1.29, 1.82) is 0 Å². The minimum atomic E-state index is -3.96. The highest BCUT2D eigenvalue weighted by atomic mass is 32.2. The van der Waals surface area contributed by atoms with Gasteiger partial charge >= 0.3 is 0 Å². The number of hydrogen-bond donors (Lipinski definition) is 1. The number of anilines is 1. The van der Waals surface area contributed by atoms with Crippen molar-refractivity contribution in [2.45, 2.75) is 4.90 Å². The number of ether oxygens (including phenoxy) is 2. The highest BCUT2D eigenvalue weighted by Gasteiger charge is 2.26. The molecule has 0 fully saturated rings. The number of hydrogen-bond acceptors (Lipinski definition) is 6. The van der Waals surface area contributed by atoms with Gasteiger partial charge in [0.15, 0.2) is 0 Å². The van der Waals surface area contributed by atoms with Gasteiger partial charge in [0, 0.05) is 11.6 Å². The lowest BCUT2D eigenvalue weighted by Gasteiger charge is -2.23. The van der Waals surface area contributed by atoms with Crippen LogP contribution >= 0.6 is 0 Å². The second kappa shape index (κ2) is 10.5. The summed E-state index contributed by atoms with van der Waals surface area (Å²) in [6.07, 6.45) is 1.41. The lowest BCUT2D eigenvalue weighted by molar-refractivity contribution is -0.119. The predicted molar refractivity (Wildman–Crippen MR) is 123 cm³/mol. The van der Waals surface area contributed by atoms with E-state index in [9.17, 15) is 13.2 Å². The number of carbonyl (C=O) groups excluding carboxylic acids is 1. The van der Waals surface area contributed by atoms with Gasteiger partial charge in [0.25, 0.3) is 15.9 Å². The molecule has 0 bridgehead atoms. The van der Waals surface area contributed by atoms with Crippen LogP contribution in [0.3, 0.4) is 0 Å². The van der Waals surface area contributed by atoms with Crippen molar-refractivity contribution in [3.63, 3.8) is 0 Å². The first-order valence-electron chi connectivity index (χ1n) is 9.62. The van der Waals surface area contributed by atoms with Gasteiger partial charge in [0.05, 0.1) is 31.0 Å². The van der Waals surface area contributed by atoms with E-state index in [4.69, 9.17) is 9.47 Å². The van der Waals surface area contributed by atoms with Crippen LogP contribution in [0, 0.1) is 0 Å². The lowest BCUT2D eigenvalue weighted by Crippen LogP contribution is -2.39. The van der Waals surface area contributed by atoms with Gasteiger partial charge in [0.1, 0.15) is 18.0 Å². The Kier molecular flexibility index (Phi) is 7.45. The Morgan fingerprint density at radius 2 is 1.62 bits per heavy atom. The van der Waals surface area contributed by atoms with Crippen LogP contribution in [0.15, 0.2) is 88.9 Å². The lowest BCUT2D eigenvalue weighted by atomic mass is 10.2. The van der Waals surface area contributed by atoms with Gasteiger partial charge in [-0.05, 0) is 36.4 Å². The van der Waals surface area contributed by atoms with E-state index in [0.29, 0.717) is 22.7 Å². The predicted octanol–water partition coefficient (Wildman–Crippen LogP) is 3.05. The Labute approximate surface area is 187 Å². The molecule has 0 aromatic heterocycles. The van der Waals surface area contributed by atoms with Crippen LogP contribution < -0.4 is 19.2 Å². The number of carbonyl (C=O) groups is 1. The largest absolute Gasteiger partial charge is 0.497 e. The molecule has 8 nitrogen and oxygen atoms in total. The van der Waals surface area contributed by atoms with Crippen molar-refractivity contribution in [3.8, 4) is 11.5 Å². The third-order valence-electron chi connectivity index (χ3n) is 4.50. The molecule has 0 saturated carbocycles. The summed E-state index contributed by atoms with van der Waals surface area (Å²) in [6, 6.07) is 21.5. The fourth-order valence-electron chi connectivity index (χ4n) is 2.89. The second-order valence-electron chi connectivity index (χ2n) is 6.56. The van der Waals surface area contributed by atoms with Crippen molar-refractivity contribution in [1.82, 2.24) is 5.43 Å². The van der Waals surface area contributed by atoms with Gasteiger partial charge in [-0.15, -0.1) is 0 Å². The summed E-state index contributed by atoms with van der Waals surface area (Å²) in [4.78, 5) is 12.7. The third-order valence-corrected chi connectivity index (χ3v) is 6.28. The molecule has 0 atom stereocenters. The van der Waals surface area contributed by atoms with Crippen molar-refractivity contribution < 1.29 is 22.7 Å². The average molecular weight is 454 g/mol. The van der Waals surface area contributed by atoms with Crippen molar-refractivity contribution in [3.05, 3.63) is 84.4 Å². The number of benzene rings is 3. The van der Waals surface area contributed by atoms with E-state index in [-0.39, 0.29) is 4.90 Å². The summed E-state index contributed by atoms with van der Waals surface area (Å²) in [6.45, 7) is -0.446. The fraction of sp³-hybridized carbons (Fsp3) is 0.130. The molecule has 0 saturated heterocycles. The van der Waals surface area contributed by atoms with Crippen LogP contribution in [-0.2, 0) is 14.8 Å². The highest BCUT2D eigenvalue weighted by Crippen LogP contribution is 2.24. The normalized spacial score (nSPS) is 11.2. The average Bonchev–Trinajstić information content (AvgIpc) is 2.83. The van der Waals surface area contributed by atoms with E-state index in [0.717, 1.165) is 4.31 Å². The number of methoxy groups -OCH3 is 2. The number of nitrogens with one attached hydrogen (secondary N) is 1. The Morgan fingerprint density at radius 3 is 2.25 bits per heavy atom. The Morgan fingerprint density at radius 1 is 0.969 bits per heavy atom. The van der Waals surface area contributed by atoms with E-state index in [1.807, 2.05) is 0 Å². The summed E-state index contributed by atoms with van der Waals surface area (Å²) in [5.74, 6) is 0.532. The summed E-state index contributed by atoms with van der Waals surface area (Å²) in [7, 11) is -0.901. The van der Waals surface area contributed by atoms with E-state index in [1.165, 1.54) is 25.5 Å². The van der Waals surface area contributed by atoms with E-state index < -0.39 is 22.5 Å². The standard InChI is InChI=1S/C23H23N3O5S/c1-30-20-14-13-18(22(15-20)31-2)16-24-25-23(27)17-26(19-9-5-3-6-10-19)32(28,29)21-11-7-4-8-12-21/h3-16H,17H2,1-2H3,(H,25,27)/b24-16-. The number of rotatable bonds is 9. The molecule has 32 heavy (non-hydrogen) atoms. The molecule has 0 radical (unpaired) electrons. The van der Waals surface area contributed by atoms with Gasteiger partial charge in [-0.3, -0.25) is 9.10 Å². The van der Waals surface area contributed by atoms with Gasteiger partial charge in [-0.25, -0.2) is 13.8 Å². The third kappa shape index (κ3) is 5.44. The maximum absolute atomic E-state index is 13.2. The SMILES string of the molecule is COc1ccc(/C=N\NC(=O)CN(c2ccccc2)S(=O)(=O)c2ccccc2)c(OC)c1. The first kappa shape index (κ1) is 22.8. The molecule has 0 aliphatic rings. The molecule has 3 aromatic rings. The summed E-state index contributed by atoms with van der Waals surface area (Å²) in [5, 5.41) is 3.94. The molecule has 3 aromatic carbocycles. The Bertz CT molecular complexity index is 1180. The fourth-order valence-corrected chi connectivity index (χ4v) is 4.34. The number of sulfonamides is 1. The molecule has 0 spiro atoms. The number of hydrazone groups is 1. The molecule has 1 amide bonds. The van der Waals surface area contributed by atoms with Gasteiger partial charge in [0.2, 0.25) is 0 Å². The maximum atomic E-state index is 13.2. The Hall–Kier alpha value is -3.85. The summed E-state index contributed by atoms with van der Waals surface area (Å²) in [5.41, 5.74) is 3.36. The summed E-state index contributed by atoms with van der Waals surface area (Å²) < 4.78 is 37.9. The van der Waals surface area contributed by atoms with E-state index >= 15 is 0 Å². The maximum Gasteiger partial charge on any atom is 0.264 e. The molecule has 166 valence electrons. The Balaban J connectivity index is 1.79. The highest BCUT2D eigenvalue weighted by molar-refractivity contribution is 7.92. The first-order chi connectivity index (χ1) is 15.5. The van der Waals surface area contributed by atoms with Gasteiger partial charge in [-0.1, -0.05) is 36.4 Å². The van der Waals surface area contributed by atoms with Crippen molar-refractivity contribution in [2.75, 3.05) is 25.1 Å². The summed E-state index contributed by atoms with van der Waals surface area (Å²) >= 11 is 0. The van der Waals surface area contributed by atoms with Crippen LogP contribution in [0.25, 0.3) is 0 Å². The van der Waals surface area contributed by atoms with Gasteiger partial charge in [-0.2, -0.15) is 5.10 Å². The van der Waals surface area contributed by atoms with Crippen LogP contribution in [-0.4, -0.2) is 41.3 Å². The van der Waals surface area contributed by atoms with Crippen LogP contribution in [0.1, 0.15) is 5.56 Å². The minimum absolute atomic E-state index is 0.0862. The van der Waals surface area contributed by atoms with Crippen LogP contribution in [0.2, 0.25) is 0 Å². The molecule has 0 aliphatic carbocycles. The number of nitrogens with zero attached hydrogens (tertiary/aromatic N) is 2. The van der Waals surface area contributed by atoms with Crippen molar-refractivity contribution >= 4 is 27.8 Å². The molecule has 3 rings (SSSR count).